The van der Waals surface area contributed by atoms with E-state index in [2.05, 4.69) is 5.32 Å². The van der Waals surface area contributed by atoms with Crippen LogP contribution in [0.15, 0.2) is 54.6 Å². The summed E-state index contributed by atoms with van der Waals surface area (Å²) in [5.41, 5.74) is 1.83. The molecule has 1 saturated carbocycles. The molecule has 1 unspecified atom stereocenters. The van der Waals surface area contributed by atoms with Crippen LogP contribution in [-0.2, 0) is 0 Å². The van der Waals surface area contributed by atoms with Crippen LogP contribution in [0.1, 0.15) is 34.8 Å². The third-order valence-electron chi connectivity index (χ3n) is 3.65. The first-order chi connectivity index (χ1) is 9.74. The molecular formula is C17H16ClNO. The normalized spacial score (nSPS) is 15.7. The Morgan fingerprint density at radius 3 is 2.30 bits per heavy atom. The molecule has 2 aromatic carbocycles. The molecule has 1 fully saturated rings. The van der Waals surface area contributed by atoms with Crippen molar-refractivity contribution in [3.8, 4) is 0 Å². The van der Waals surface area contributed by atoms with Crippen molar-refractivity contribution in [2.45, 2.75) is 18.9 Å². The van der Waals surface area contributed by atoms with Crippen LogP contribution in [0.4, 0.5) is 0 Å². The van der Waals surface area contributed by atoms with Crippen molar-refractivity contribution in [1.29, 1.82) is 0 Å². The summed E-state index contributed by atoms with van der Waals surface area (Å²) in [5.74, 6) is 0.529. The summed E-state index contributed by atoms with van der Waals surface area (Å²) in [6.45, 7) is 0. The summed E-state index contributed by atoms with van der Waals surface area (Å²) in [5, 5.41) is 3.87. The topological polar surface area (TPSA) is 29.1 Å². The van der Waals surface area contributed by atoms with Gasteiger partial charge in [-0.2, -0.15) is 0 Å². The highest BCUT2D eigenvalue weighted by Gasteiger charge is 2.33. The summed E-state index contributed by atoms with van der Waals surface area (Å²) in [4.78, 5) is 12.3. The molecule has 102 valence electrons. The number of carbonyl (C=O) groups excluding carboxylic acids is 1. The van der Waals surface area contributed by atoms with E-state index < -0.39 is 0 Å². The van der Waals surface area contributed by atoms with Crippen LogP contribution in [0.2, 0.25) is 5.02 Å². The van der Waals surface area contributed by atoms with Crippen LogP contribution >= 0.6 is 11.6 Å². The number of rotatable bonds is 4. The van der Waals surface area contributed by atoms with E-state index in [-0.39, 0.29) is 11.9 Å². The van der Waals surface area contributed by atoms with Crippen molar-refractivity contribution in [1.82, 2.24) is 5.32 Å². The Balaban J connectivity index is 1.78. The number of halogens is 1. The Morgan fingerprint density at radius 1 is 1.05 bits per heavy atom. The van der Waals surface area contributed by atoms with Gasteiger partial charge in [-0.15, -0.1) is 0 Å². The molecule has 0 aromatic heterocycles. The van der Waals surface area contributed by atoms with Gasteiger partial charge in [0.2, 0.25) is 0 Å². The van der Waals surface area contributed by atoms with Gasteiger partial charge in [0.1, 0.15) is 0 Å². The maximum Gasteiger partial charge on any atom is 0.251 e. The first-order valence-corrected chi connectivity index (χ1v) is 7.23. The van der Waals surface area contributed by atoms with E-state index in [0.717, 1.165) is 10.6 Å². The van der Waals surface area contributed by atoms with Gasteiger partial charge in [0.05, 0.1) is 6.04 Å². The van der Waals surface area contributed by atoms with E-state index in [4.69, 9.17) is 11.6 Å². The second-order valence-electron chi connectivity index (χ2n) is 5.21. The maximum absolute atomic E-state index is 12.3. The Kier molecular flexibility index (Phi) is 3.75. The minimum atomic E-state index is -0.0163. The van der Waals surface area contributed by atoms with E-state index in [1.807, 2.05) is 54.6 Å². The highest BCUT2D eigenvalue weighted by molar-refractivity contribution is 6.30. The average molecular weight is 286 g/mol. The van der Waals surface area contributed by atoms with Crippen LogP contribution in [0.25, 0.3) is 0 Å². The maximum atomic E-state index is 12.3. The van der Waals surface area contributed by atoms with Crippen molar-refractivity contribution in [3.63, 3.8) is 0 Å². The molecule has 2 aromatic rings. The molecule has 0 spiro atoms. The minimum absolute atomic E-state index is 0.0163. The lowest BCUT2D eigenvalue weighted by Crippen LogP contribution is -2.29. The average Bonchev–Trinajstić information content (AvgIpc) is 3.31. The molecule has 0 aliphatic heterocycles. The van der Waals surface area contributed by atoms with Crippen LogP contribution in [0.3, 0.4) is 0 Å². The van der Waals surface area contributed by atoms with E-state index in [1.165, 1.54) is 12.8 Å². The quantitative estimate of drug-likeness (QED) is 0.895. The van der Waals surface area contributed by atoms with Crippen molar-refractivity contribution >= 4 is 17.5 Å². The first kappa shape index (κ1) is 13.2. The zero-order valence-electron chi connectivity index (χ0n) is 11.1. The Hall–Kier alpha value is -1.80. The minimum Gasteiger partial charge on any atom is -0.345 e. The van der Waals surface area contributed by atoms with Crippen molar-refractivity contribution in [2.75, 3.05) is 0 Å². The molecule has 1 amide bonds. The third-order valence-corrected chi connectivity index (χ3v) is 3.90. The summed E-state index contributed by atoms with van der Waals surface area (Å²) in [6.07, 6.45) is 2.34. The number of carbonyl (C=O) groups is 1. The molecule has 0 saturated heterocycles. The van der Waals surface area contributed by atoms with Crippen molar-refractivity contribution in [3.05, 3.63) is 70.7 Å². The predicted molar refractivity (Wildman–Crippen MR) is 80.8 cm³/mol. The van der Waals surface area contributed by atoms with Gasteiger partial charge in [0.25, 0.3) is 5.91 Å². The Morgan fingerprint density at radius 2 is 1.70 bits per heavy atom. The predicted octanol–water partition coefficient (Wildman–Crippen LogP) is 4.22. The number of amides is 1. The summed E-state index contributed by atoms with van der Waals surface area (Å²) in [7, 11) is 0. The van der Waals surface area contributed by atoms with Crippen LogP contribution in [-0.4, -0.2) is 5.91 Å². The molecule has 1 atom stereocenters. The fourth-order valence-corrected chi connectivity index (χ4v) is 2.51. The van der Waals surface area contributed by atoms with Crippen LogP contribution in [0.5, 0.6) is 0 Å². The van der Waals surface area contributed by atoms with E-state index in [1.54, 1.807) is 0 Å². The lowest BCUT2D eigenvalue weighted by molar-refractivity contribution is 0.0931. The van der Waals surface area contributed by atoms with E-state index in [0.29, 0.717) is 11.5 Å². The molecular weight excluding hydrogens is 270 g/mol. The smallest absolute Gasteiger partial charge is 0.251 e. The molecule has 1 N–H and O–H groups in total. The van der Waals surface area contributed by atoms with Gasteiger partial charge < -0.3 is 5.32 Å². The monoisotopic (exact) mass is 285 g/mol. The van der Waals surface area contributed by atoms with Crippen molar-refractivity contribution < 1.29 is 4.79 Å². The van der Waals surface area contributed by atoms with Crippen LogP contribution < -0.4 is 5.32 Å². The SMILES string of the molecule is O=C(NC(c1ccc(Cl)cc1)C1CC1)c1ccccc1. The largest absolute Gasteiger partial charge is 0.345 e. The second kappa shape index (κ2) is 5.68. The van der Waals surface area contributed by atoms with Gasteiger partial charge >= 0.3 is 0 Å². The lowest BCUT2D eigenvalue weighted by Gasteiger charge is -2.19. The third kappa shape index (κ3) is 3.02. The summed E-state index contributed by atoms with van der Waals surface area (Å²) in [6, 6.07) is 17.2. The standard InChI is InChI=1S/C17H16ClNO/c18-15-10-8-13(9-11-15)16(12-6-7-12)19-17(20)14-4-2-1-3-5-14/h1-5,8-12,16H,6-7H2,(H,19,20). The first-order valence-electron chi connectivity index (χ1n) is 6.85. The number of hydrogen-bond acceptors (Lipinski definition) is 1. The summed E-state index contributed by atoms with van der Waals surface area (Å²) >= 11 is 5.93. The van der Waals surface area contributed by atoms with Gasteiger partial charge in [-0.1, -0.05) is 41.9 Å². The number of nitrogens with one attached hydrogen (secondary N) is 1. The Labute approximate surface area is 123 Å². The second-order valence-corrected chi connectivity index (χ2v) is 5.64. The zero-order chi connectivity index (χ0) is 13.9. The molecule has 0 radical (unpaired) electrons. The van der Waals surface area contributed by atoms with Gasteiger partial charge in [-0.3, -0.25) is 4.79 Å². The van der Waals surface area contributed by atoms with Crippen LogP contribution in [0, 0.1) is 5.92 Å². The molecule has 3 heteroatoms. The molecule has 3 rings (SSSR count). The molecule has 0 bridgehead atoms. The fourth-order valence-electron chi connectivity index (χ4n) is 2.39. The molecule has 0 heterocycles. The molecule has 2 nitrogen and oxygen atoms in total. The molecule has 1 aliphatic rings. The van der Waals surface area contributed by atoms with Gasteiger partial charge in [-0.05, 0) is 48.6 Å². The molecule has 20 heavy (non-hydrogen) atoms. The molecule has 1 aliphatic carbocycles. The number of benzene rings is 2. The highest BCUT2D eigenvalue weighted by Crippen LogP contribution is 2.41. The Bertz CT molecular complexity index is 590. The van der Waals surface area contributed by atoms with Gasteiger partial charge in [0.15, 0.2) is 0 Å². The lowest BCUT2D eigenvalue weighted by atomic mass is 10.0. The highest BCUT2D eigenvalue weighted by atomic mass is 35.5. The van der Waals surface area contributed by atoms with Crippen molar-refractivity contribution in [2.24, 2.45) is 5.92 Å². The fraction of sp³-hybridized carbons (Fsp3) is 0.235. The number of hydrogen-bond donors (Lipinski definition) is 1. The van der Waals surface area contributed by atoms with Gasteiger partial charge in [-0.25, -0.2) is 0 Å². The van der Waals surface area contributed by atoms with Gasteiger partial charge in [0, 0.05) is 10.6 Å². The van der Waals surface area contributed by atoms with E-state index in [9.17, 15) is 4.79 Å². The zero-order valence-corrected chi connectivity index (χ0v) is 11.8. The van der Waals surface area contributed by atoms with E-state index >= 15 is 0 Å². The summed E-state index contributed by atoms with van der Waals surface area (Å²) < 4.78 is 0.